The largest absolute Gasteiger partial charge is 0.379 e. The molecule has 1 amide bonds. The molecule has 2 aromatic carbocycles. The summed E-state index contributed by atoms with van der Waals surface area (Å²) in [6, 6.07) is 15.9. The van der Waals surface area contributed by atoms with Gasteiger partial charge < -0.3 is 21.1 Å². The number of hydrogen-bond donors (Lipinski definition) is 3. The Hall–Kier alpha value is -2.17. The first-order chi connectivity index (χ1) is 15.0. The summed E-state index contributed by atoms with van der Waals surface area (Å²) in [5.41, 5.74) is 9.99. The highest BCUT2D eigenvalue weighted by atomic mass is 127. The lowest BCUT2D eigenvalue weighted by Crippen LogP contribution is -2.38. The normalized spacial score (nSPS) is 14.7. The SMILES string of the molecule is CC(C)c1cccc(NC(N)=NCc2cccc(NC(=O)CCN3CCOCC3)c2)c1.I. The number of nitrogens with one attached hydrogen (secondary N) is 2. The molecule has 8 heteroatoms. The fraction of sp³-hybridized carbons (Fsp3) is 0.417. The van der Waals surface area contributed by atoms with Crippen LogP contribution in [0.3, 0.4) is 0 Å². The van der Waals surface area contributed by atoms with Crippen molar-refractivity contribution in [1.82, 2.24) is 4.90 Å². The maximum Gasteiger partial charge on any atom is 0.225 e. The lowest BCUT2D eigenvalue weighted by Gasteiger charge is -2.26. The van der Waals surface area contributed by atoms with E-state index in [4.69, 9.17) is 10.5 Å². The number of carbonyl (C=O) groups excluding carboxylic acids is 1. The summed E-state index contributed by atoms with van der Waals surface area (Å²) in [5, 5.41) is 6.12. The summed E-state index contributed by atoms with van der Waals surface area (Å²) in [5.74, 6) is 0.825. The van der Waals surface area contributed by atoms with Gasteiger partial charge in [0.05, 0.1) is 19.8 Å². The molecular weight excluding hydrogens is 517 g/mol. The van der Waals surface area contributed by atoms with Gasteiger partial charge in [0.25, 0.3) is 0 Å². The van der Waals surface area contributed by atoms with Crippen molar-refractivity contribution < 1.29 is 9.53 Å². The van der Waals surface area contributed by atoms with E-state index in [2.05, 4.69) is 46.5 Å². The van der Waals surface area contributed by atoms with Crippen LogP contribution in [0.1, 0.15) is 37.3 Å². The summed E-state index contributed by atoms with van der Waals surface area (Å²) in [6.45, 7) is 8.75. The molecule has 174 valence electrons. The molecule has 0 bridgehead atoms. The highest BCUT2D eigenvalue weighted by Crippen LogP contribution is 2.18. The fourth-order valence-electron chi connectivity index (χ4n) is 3.39. The number of nitrogens with two attached hydrogens (primary N) is 1. The van der Waals surface area contributed by atoms with Gasteiger partial charge in [-0.2, -0.15) is 0 Å². The van der Waals surface area contributed by atoms with Crippen LogP contribution < -0.4 is 16.4 Å². The maximum absolute atomic E-state index is 12.3. The molecule has 1 heterocycles. The topological polar surface area (TPSA) is 92.0 Å². The number of morpholine rings is 1. The third-order valence-electron chi connectivity index (χ3n) is 5.23. The standard InChI is InChI=1S/C24H33N5O2.HI/c1-18(2)20-6-4-8-22(16-20)28-24(25)26-17-19-5-3-7-21(15-19)27-23(30)9-10-29-11-13-31-14-12-29;/h3-8,15-16,18H,9-14,17H2,1-2H3,(H,27,30)(H3,25,26,28);1H. The number of amides is 1. The lowest BCUT2D eigenvalue weighted by atomic mass is 10.0. The van der Waals surface area contributed by atoms with Crippen molar-refractivity contribution >= 4 is 47.2 Å². The summed E-state index contributed by atoms with van der Waals surface area (Å²) in [4.78, 5) is 19.0. The van der Waals surface area contributed by atoms with E-state index in [1.54, 1.807) is 0 Å². The number of rotatable bonds is 8. The first-order valence-corrected chi connectivity index (χ1v) is 10.9. The molecule has 1 fully saturated rings. The lowest BCUT2D eigenvalue weighted by molar-refractivity contribution is -0.116. The highest BCUT2D eigenvalue weighted by molar-refractivity contribution is 14.0. The van der Waals surface area contributed by atoms with E-state index in [0.717, 1.165) is 49.8 Å². The van der Waals surface area contributed by atoms with Gasteiger partial charge in [0.1, 0.15) is 0 Å². The third-order valence-corrected chi connectivity index (χ3v) is 5.23. The number of anilines is 2. The zero-order valence-electron chi connectivity index (χ0n) is 18.8. The molecule has 3 rings (SSSR count). The molecule has 1 aliphatic rings. The van der Waals surface area contributed by atoms with E-state index in [9.17, 15) is 4.79 Å². The number of nitrogens with zero attached hydrogens (tertiary/aromatic N) is 2. The molecule has 0 radical (unpaired) electrons. The Labute approximate surface area is 207 Å². The van der Waals surface area contributed by atoms with Gasteiger partial charge in [-0.15, -0.1) is 24.0 Å². The Morgan fingerprint density at radius 2 is 1.78 bits per heavy atom. The van der Waals surface area contributed by atoms with Crippen molar-refractivity contribution in [3.05, 3.63) is 59.7 Å². The minimum absolute atomic E-state index is 0. The van der Waals surface area contributed by atoms with E-state index < -0.39 is 0 Å². The van der Waals surface area contributed by atoms with Crippen molar-refractivity contribution in [3.63, 3.8) is 0 Å². The predicted molar refractivity (Wildman–Crippen MR) is 142 cm³/mol. The van der Waals surface area contributed by atoms with E-state index in [-0.39, 0.29) is 29.9 Å². The zero-order valence-corrected chi connectivity index (χ0v) is 21.2. The van der Waals surface area contributed by atoms with Gasteiger partial charge in [-0.1, -0.05) is 38.1 Å². The van der Waals surface area contributed by atoms with Gasteiger partial charge in [0.2, 0.25) is 5.91 Å². The second-order valence-corrected chi connectivity index (χ2v) is 8.06. The summed E-state index contributed by atoms with van der Waals surface area (Å²) in [7, 11) is 0. The molecule has 1 saturated heterocycles. The smallest absolute Gasteiger partial charge is 0.225 e. The number of carbonyl (C=O) groups is 1. The molecule has 0 unspecified atom stereocenters. The predicted octanol–water partition coefficient (Wildman–Crippen LogP) is 4.02. The molecule has 1 aliphatic heterocycles. The van der Waals surface area contributed by atoms with Gasteiger partial charge >= 0.3 is 0 Å². The average Bonchev–Trinajstić information content (AvgIpc) is 2.77. The number of benzene rings is 2. The van der Waals surface area contributed by atoms with E-state index in [1.165, 1.54) is 5.56 Å². The first-order valence-electron chi connectivity index (χ1n) is 10.9. The Bertz CT molecular complexity index is 897. The van der Waals surface area contributed by atoms with E-state index in [1.807, 2.05) is 36.4 Å². The minimum Gasteiger partial charge on any atom is -0.379 e. The fourth-order valence-corrected chi connectivity index (χ4v) is 3.39. The molecule has 2 aromatic rings. The number of halogens is 1. The Kier molecular flexibility index (Phi) is 10.9. The second-order valence-electron chi connectivity index (χ2n) is 8.06. The highest BCUT2D eigenvalue weighted by Gasteiger charge is 2.12. The van der Waals surface area contributed by atoms with Crippen LogP contribution >= 0.6 is 24.0 Å². The van der Waals surface area contributed by atoms with Crippen molar-refractivity contribution in [3.8, 4) is 0 Å². The first kappa shape index (κ1) is 26.1. The quantitative estimate of drug-likeness (QED) is 0.262. The molecule has 0 saturated carbocycles. The van der Waals surface area contributed by atoms with E-state index in [0.29, 0.717) is 24.8 Å². The van der Waals surface area contributed by atoms with Crippen molar-refractivity contribution in [2.24, 2.45) is 10.7 Å². The monoisotopic (exact) mass is 551 g/mol. The average molecular weight is 551 g/mol. The number of aliphatic imine (C=N–C) groups is 1. The van der Waals surface area contributed by atoms with E-state index >= 15 is 0 Å². The molecule has 4 N–H and O–H groups in total. The Morgan fingerprint density at radius 1 is 1.09 bits per heavy atom. The maximum atomic E-state index is 12.3. The molecule has 0 aromatic heterocycles. The third kappa shape index (κ3) is 8.76. The number of ether oxygens (including phenoxy) is 1. The van der Waals surface area contributed by atoms with Crippen LogP contribution in [0.2, 0.25) is 0 Å². The molecular formula is C24H34IN5O2. The van der Waals surface area contributed by atoms with Gasteiger partial charge in [-0.25, -0.2) is 4.99 Å². The van der Waals surface area contributed by atoms with Gasteiger partial charge in [0, 0.05) is 37.4 Å². The molecule has 7 nitrogen and oxygen atoms in total. The Morgan fingerprint density at radius 3 is 2.50 bits per heavy atom. The second kappa shape index (κ2) is 13.4. The van der Waals surface area contributed by atoms with Gasteiger partial charge in [-0.05, 0) is 41.3 Å². The number of hydrogen-bond acceptors (Lipinski definition) is 4. The zero-order chi connectivity index (χ0) is 22.1. The van der Waals surface area contributed by atoms with Crippen LogP contribution in [0.15, 0.2) is 53.5 Å². The van der Waals surface area contributed by atoms with Crippen LogP contribution in [0.4, 0.5) is 11.4 Å². The van der Waals surface area contributed by atoms with Crippen molar-refractivity contribution in [1.29, 1.82) is 0 Å². The minimum atomic E-state index is 0. The molecule has 32 heavy (non-hydrogen) atoms. The van der Waals surface area contributed by atoms with Crippen LogP contribution in [0.25, 0.3) is 0 Å². The molecule has 0 atom stereocenters. The van der Waals surface area contributed by atoms with Gasteiger partial charge in [-0.3, -0.25) is 9.69 Å². The van der Waals surface area contributed by atoms with Crippen LogP contribution in [-0.2, 0) is 16.1 Å². The van der Waals surface area contributed by atoms with Crippen molar-refractivity contribution in [2.75, 3.05) is 43.5 Å². The summed E-state index contributed by atoms with van der Waals surface area (Å²) < 4.78 is 5.34. The molecule has 0 aliphatic carbocycles. The molecule has 0 spiro atoms. The van der Waals surface area contributed by atoms with Crippen LogP contribution in [-0.4, -0.2) is 49.6 Å². The van der Waals surface area contributed by atoms with Crippen LogP contribution in [0, 0.1) is 0 Å². The number of guanidine groups is 1. The Balaban J connectivity index is 0.00000363. The van der Waals surface area contributed by atoms with Crippen LogP contribution in [0.5, 0.6) is 0 Å². The summed E-state index contributed by atoms with van der Waals surface area (Å²) >= 11 is 0. The van der Waals surface area contributed by atoms with Crippen molar-refractivity contribution in [2.45, 2.75) is 32.7 Å². The summed E-state index contributed by atoms with van der Waals surface area (Å²) in [6.07, 6.45) is 0.467. The van der Waals surface area contributed by atoms with Gasteiger partial charge in [0.15, 0.2) is 5.96 Å².